The molecule has 0 aliphatic heterocycles. The molecule has 2 rings (SSSR count). The van der Waals surface area contributed by atoms with Crippen LogP contribution in [0.3, 0.4) is 0 Å². The standard InChI is InChI=1S/C16H22ClN3O/c1-4-10-21-14-8-6-13(7-9-14)18-11-15-16(17)12(3)19-20(15)5-2/h6-9,18H,4-5,10-11H2,1-3H3. The Kier molecular flexibility index (Phi) is 5.51. The number of nitrogens with one attached hydrogen (secondary N) is 1. The monoisotopic (exact) mass is 307 g/mol. The summed E-state index contributed by atoms with van der Waals surface area (Å²) in [7, 11) is 0. The third kappa shape index (κ3) is 3.91. The summed E-state index contributed by atoms with van der Waals surface area (Å²) in [5.41, 5.74) is 2.93. The molecule has 21 heavy (non-hydrogen) atoms. The molecule has 1 heterocycles. The second kappa shape index (κ2) is 7.36. The van der Waals surface area contributed by atoms with Gasteiger partial charge in [0.05, 0.1) is 29.6 Å². The van der Waals surface area contributed by atoms with E-state index < -0.39 is 0 Å². The van der Waals surface area contributed by atoms with Gasteiger partial charge in [0.25, 0.3) is 0 Å². The Morgan fingerprint density at radius 3 is 2.57 bits per heavy atom. The molecule has 1 aromatic heterocycles. The van der Waals surface area contributed by atoms with Crippen LogP contribution in [-0.4, -0.2) is 16.4 Å². The van der Waals surface area contributed by atoms with Gasteiger partial charge in [-0.3, -0.25) is 4.68 Å². The highest BCUT2D eigenvalue weighted by atomic mass is 35.5. The highest BCUT2D eigenvalue weighted by Crippen LogP contribution is 2.22. The molecule has 0 atom stereocenters. The molecule has 0 saturated carbocycles. The van der Waals surface area contributed by atoms with E-state index in [1.807, 2.05) is 35.9 Å². The largest absolute Gasteiger partial charge is 0.494 e. The van der Waals surface area contributed by atoms with Crippen LogP contribution in [0, 0.1) is 6.92 Å². The van der Waals surface area contributed by atoms with Crippen LogP contribution in [-0.2, 0) is 13.1 Å². The fourth-order valence-electron chi connectivity index (χ4n) is 2.11. The van der Waals surface area contributed by atoms with Crippen molar-refractivity contribution in [2.75, 3.05) is 11.9 Å². The van der Waals surface area contributed by atoms with Crippen molar-refractivity contribution in [1.82, 2.24) is 9.78 Å². The zero-order valence-electron chi connectivity index (χ0n) is 12.8. The lowest BCUT2D eigenvalue weighted by atomic mass is 10.3. The van der Waals surface area contributed by atoms with Crippen LogP contribution < -0.4 is 10.1 Å². The maximum absolute atomic E-state index is 6.30. The Balaban J connectivity index is 2.00. The van der Waals surface area contributed by atoms with Gasteiger partial charge in [0, 0.05) is 12.2 Å². The van der Waals surface area contributed by atoms with E-state index in [1.165, 1.54) is 0 Å². The maximum Gasteiger partial charge on any atom is 0.119 e. The van der Waals surface area contributed by atoms with Gasteiger partial charge in [0.2, 0.25) is 0 Å². The number of rotatable bonds is 7. The molecule has 1 N–H and O–H groups in total. The number of aromatic nitrogens is 2. The molecule has 1 aromatic carbocycles. The SMILES string of the molecule is CCCOc1ccc(NCc2c(Cl)c(C)nn2CC)cc1. The Morgan fingerprint density at radius 2 is 1.95 bits per heavy atom. The number of aryl methyl sites for hydroxylation is 2. The average Bonchev–Trinajstić information content (AvgIpc) is 2.79. The molecule has 0 bridgehead atoms. The zero-order valence-corrected chi connectivity index (χ0v) is 13.6. The minimum atomic E-state index is 0.655. The number of nitrogens with zero attached hydrogens (tertiary/aromatic N) is 2. The fraction of sp³-hybridized carbons (Fsp3) is 0.438. The number of hydrogen-bond acceptors (Lipinski definition) is 3. The Morgan fingerprint density at radius 1 is 1.24 bits per heavy atom. The third-order valence-electron chi connectivity index (χ3n) is 3.24. The lowest BCUT2D eigenvalue weighted by Gasteiger charge is -2.10. The Labute approximate surface area is 131 Å². The van der Waals surface area contributed by atoms with Crippen LogP contribution in [0.1, 0.15) is 31.7 Å². The van der Waals surface area contributed by atoms with Crippen molar-refractivity contribution in [3.63, 3.8) is 0 Å². The van der Waals surface area contributed by atoms with Crippen molar-refractivity contribution in [2.45, 2.75) is 40.3 Å². The highest BCUT2D eigenvalue weighted by Gasteiger charge is 2.11. The Bertz CT molecular complexity index is 578. The fourth-order valence-corrected chi connectivity index (χ4v) is 2.31. The van der Waals surface area contributed by atoms with E-state index in [2.05, 4.69) is 24.3 Å². The van der Waals surface area contributed by atoms with E-state index in [9.17, 15) is 0 Å². The molecule has 0 aliphatic carbocycles. The summed E-state index contributed by atoms with van der Waals surface area (Å²) in [6, 6.07) is 7.97. The van der Waals surface area contributed by atoms with E-state index in [1.54, 1.807) is 0 Å². The number of anilines is 1. The van der Waals surface area contributed by atoms with Gasteiger partial charge in [-0.05, 0) is 44.5 Å². The van der Waals surface area contributed by atoms with Gasteiger partial charge in [0.15, 0.2) is 0 Å². The number of benzene rings is 1. The predicted octanol–water partition coefficient (Wildman–Crippen LogP) is 4.27. The average molecular weight is 308 g/mol. The molecule has 0 fully saturated rings. The molecule has 114 valence electrons. The van der Waals surface area contributed by atoms with Gasteiger partial charge in [-0.25, -0.2) is 0 Å². The van der Waals surface area contributed by atoms with Crippen molar-refractivity contribution in [3.8, 4) is 5.75 Å². The maximum atomic E-state index is 6.30. The number of halogens is 1. The van der Waals surface area contributed by atoms with Crippen molar-refractivity contribution >= 4 is 17.3 Å². The molecule has 4 nitrogen and oxygen atoms in total. The van der Waals surface area contributed by atoms with Crippen LogP contribution in [0.2, 0.25) is 5.02 Å². The summed E-state index contributed by atoms with van der Waals surface area (Å²) in [5.74, 6) is 0.898. The highest BCUT2D eigenvalue weighted by molar-refractivity contribution is 6.31. The molecular weight excluding hydrogens is 286 g/mol. The number of hydrogen-bond donors (Lipinski definition) is 1. The third-order valence-corrected chi connectivity index (χ3v) is 3.73. The second-order valence-electron chi connectivity index (χ2n) is 4.89. The minimum absolute atomic E-state index is 0.655. The molecule has 0 amide bonds. The van der Waals surface area contributed by atoms with Gasteiger partial charge in [-0.15, -0.1) is 0 Å². The van der Waals surface area contributed by atoms with E-state index in [0.717, 1.165) is 47.4 Å². The Hall–Kier alpha value is -1.68. The summed E-state index contributed by atoms with van der Waals surface area (Å²) < 4.78 is 7.50. The molecular formula is C16H22ClN3O. The summed E-state index contributed by atoms with van der Waals surface area (Å²) in [6.45, 7) is 8.30. The normalized spacial score (nSPS) is 10.7. The van der Waals surface area contributed by atoms with Crippen LogP contribution >= 0.6 is 11.6 Å². The van der Waals surface area contributed by atoms with Crippen molar-refractivity contribution < 1.29 is 4.74 Å². The molecule has 2 aromatic rings. The molecule has 0 spiro atoms. The van der Waals surface area contributed by atoms with E-state index >= 15 is 0 Å². The number of ether oxygens (including phenoxy) is 1. The van der Waals surface area contributed by atoms with Crippen LogP contribution in [0.25, 0.3) is 0 Å². The smallest absolute Gasteiger partial charge is 0.119 e. The van der Waals surface area contributed by atoms with Gasteiger partial charge >= 0.3 is 0 Å². The minimum Gasteiger partial charge on any atom is -0.494 e. The molecule has 0 saturated heterocycles. The first-order valence-electron chi connectivity index (χ1n) is 7.34. The van der Waals surface area contributed by atoms with Crippen LogP contribution in [0.5, 0.6) is 5.75 Å². The summed E-state index contributed by atoms with van der Waals surface area (Å²) >= 11 is 6.30. The first-order valence-corrected chi connectivity index (χ1v) is 7.72. The topological polar surface area (TPSA) is 39.1 Å². The second-order valence-corrected chi connectivity index (χ2v) is 5.27. The van der Waals surface area contributed by atoms with E-state index in [0.29, 0.717) is 6.54 Å². The van der Waals surface area contributed by atoms with Gasteiger partial charge in [0.1, 0.15) is 5.75 Å². The van der Waals surface area contributed by atoms with Crippen molar-refractivity contribution in [3.05, 3.63) is 40.7 Å². The lowest BCUT2D eigenvalue weighted by Crippen LogP contribution is -2.08. The zero-order chi connectivity index (χ0) is 15.2. The predicted molar refractivity (Wildman–Crippen MR) is 87.2 cm³/mol. The summed E-state index contributed by atoms with van der Waals surface area (Å²) in [4.78, 5) is 0. The molecule has 5 heteroatoms. The van der Waals surface area contributed by atoms with Gasteiger partial charge in [-0.2, -0.15) is 5.10 Å². The van der Waals surface area contributed by atoms with Crippen LogP contribution in [0.4, 0.5) is 5.69 Å². The quantitative estimate of drug-likeness (QED) is 0.830. The molecule has 0 unspecified atom stereocenters. The summed E-state index contributed by atoms with van der Waals surface area (Å²) in [5, 5.41) is 8.53. The van der Waals surface area contributed by atoms with Crippen molar-refractivity contribution in [2.24, 2.45) is 0 Å². The molecule has 0 radical (unpaired) electrons. The van der Waals surface area contributed by atoms with Crippen LogP contribution in [0.15, 0.2) is 24.3 Å². The first-order chi connectivity index (χ1) is 10.2. The van der Waals surface area contributed by atoms with Gasteiger partial charge < -0.3 is 10.1 Å². The summed E-state index contributed by atoms with van der Waals surface area (Å²) in [6.07, 6.45) is 1.01. The van der Waals surface area contributed by atoms with E-state index in [-0.39, 0.29) is 0 Å². The molecule has 0 aliphatic rings. The first kappa shape index (κ1) is 15.7. The van der Waals surface area contributed by atoms with Gasteiger partial charge in [-0.1, -0.05) is 18.5 Å². The van der Waals surface area contributed by atoms with E-state index in [4.69, 9.17) is 16.3 Å². The van der Waals surface area contributed by atoms with Crippen molar-refractivity contribution in [1.29, 1.82) is 0 Å². The lowest BCUT2D eigenvalue weighted by molar-refractivity contribution is 0.317.